The molecule has 1 N–H and O–H groups in total. The van der Waals surface area contributed by atoms with E-state index in [2.05, 4.69) is 27.1 Å². The zero-order chi connectivity index (χ0) is 16.9. The van der Waals surface area contributed by atoms with E-state index in [9.17, 15) is 4.79 Å². The number of piperidine rings is 1. The first-order valence-electron chi connectivity index (χ1n) is 8.35. The summed E-state index contributed by atoms with van der Waals surface area (Å²) < 4.78 is 5.32. The molecule has 6 heteroatoms. The Morgan fingerprint density at radius 2 is 2.22 bits per heavy atom. The fourth-order valence-electron chi connectivity index (χ4n) is 2.96. The number of aromatic nitrogens is 2. The SMILES string of the molecule is C[C@H](c1cnccn1)N1CCCC[C@H]1CNC(=O)OC(C)(C)C. The van der Waals surface area contributed by atoms with Crippen molar-refractivity contribution in [3.8, 4) is 0 Å². The van der Waals surface area contributed by atoms with Gasteiger partial charge in [-0.15, -0.1) is 0 Å². The maximum atomic E-state index is 11.9. The Hall–Kier alpha value is -1.69. The summed E-state index contributed by atoms with van der Waals surface area (Å²) in [5.41, 5.74) is 0.500. The monoisotopic (exact) mass is 320 g/mol. The number of nitrogens with zero attached hydrogens (tertiary/aromatic N) is 3. The van der Waals surface area contributed by atoms with E-state index in [1.54, 1.807) is 12.4 Å². The van der Waals surface area contributed by atoms with Crippen molar-refractivity contribution >= 4 is 6.09 Å². The largest absolute Gasteiger partial charge is 0.444 e. The van der Waals surface area contributed by atoms with E-state index in [-0.39, 0.29) is 12.1 Å². The molecule has 0 unspecified atom stereocenters. The molecule has 0 saturated carbocycles. The van der Waals surface area contributed by atoms with Gasteiger partial charge in [-0.2, -0.15) is 0 Å². The fourth-order valence-corrected chi connectivity index (χ4v) is 2.96. The van der Waals surface area contributed by atoms with Crippen molar-refractivity contribution in [1.29, 1.82) is 0 Å². The van der Waals surface area contributed by atoms with Gasteiger partial charge in [0.2, 0.25) is 0 Å². The Labute approximate surface area is 138 Å². The van der Waals surface area contributed by atoms with Gasteiger partial charge < -0.3 is 10.1 Å². The van der Waals surface area contributed by atoms with E-state index in [1.165, 1.54) is 12.8 Å². The first kappa shape index (κ1) is 17.7. The molecule has 2 rings (SSSR count). The van der Waals surface area contributed by atoms with Crippen LogP contribution < -0.4 is 5.32 Å². The molecule has 0 bridgehead atoms. The number of nitrogens with one attached hydrogen (secondary N) is 1. The Morgan fingerprint density at radius 1 is 1.43 bits per heavy atom. The smallest absolute Gasteiger partial charge is 0.407 e. The molecule has 0 radical (unpaired) electrons. The van der Waals surface area contributed by atoms with Crippen LogP contribution in [0.1, 0.15) is 58.7 Å². The van der Waals surface area contributed by atoms with Gasteiger partial charge in [-0.05, 0) is 47.1 Å². The van der Waals surface area contributed by atoms with Gasteiger partial charge in [0.15, 0.2) is 0 Å². The normalized spacial score (nSPS) is 20.8. The van der Waals surface area contributed by atoms with E-state index < -0.39 is 5.60 Å². The van der Waals surface area contributed by atoms with Gasteiger partial charge in [0.25, 0.3) is 0 Å². The summed E-state index contributed by atoms with van der Waals surface area (Å²) in [4.78, 5) is 22.9. The summed E-state index contributed by atoms with van der Waals surface area (Å²) in [5.74, 6) is 0. The molecule has 6 nitrogen and oxygen atoms in total. The van der Waals surface area contributed by atoms with Crippen LogP contribution >= 0.6 is 0 Å². The molecule has 1 aromatic heterocycles. The molecule has 2 heterocycles. The summed E-state index contributed by atoms with van der Waals surface area (Å²) in [5, 5.41) is 2.91. The Balaban J connectivity index is 1.94. The second-order valence-electron chi connectivity index (χ2n) is 7.08. The highest BCUT2D eigenvalue weighted by Gasteiger charge is 2.28. The summed E-state index contributed by atoms with van der Waals surface area (Å²) in [7, 11) is 0. The first-order valence-corrected chi connectivity index (χ1v) is 8.35. The summed E-state index contributed by atoms with van der Waals surface area (Å²) in [6.45, 7) is 9.37. The summed E-state index contributed by atoms with van der Waals surface area (Å²) in [6, 6.07) is 0.489. The summed E-state index contributed by atoms with van der Waals surface area (Å²) in [6.07, 6.45) is 8.31. The third-order valence-corrected chi connectivity index (χ3v) is 4.06. The van der Waals surface area contributed by atoms with Crippen LogP contribution in [0.25, 0.3) is 0 Å². The lowest BCUT2D eigenvalue weighted by atomic mass is 9.99. The van der Waals surface area contributed by atoms with E-state index in [1.807, 2.05) is 27.0 Å². The third kappa shape index (κ3) is 5.46. The predicted octanol–water partition coefficient (Wildman–Crippen LogP) is 2.92. The zero-order valence-electron chi connectivity index (χ0n) is 14.6. The minimum Gasteiger partial charge on any atom is -0.444 e. The number of hydrogen-bond acceptors (Lipinski definition) is 5. The lowest BCUT2D eigenvalue weighted by Crippen LogP contribution is -2.48. The number of amides is 1. The van der Waals surface area contributed by atoms with Crippen LogP contribution in [-0.2, 0) is 4.74 Å². The Bertz CT molecular complexity index is 501. The van der Waals surface area contributed by atoms with Crippen molar-refractivity contribution in [3.05, 3.63) is 24.3 Å². The fraction of sp³-hybridized carbons (Fsp3) is 0.706. The highest BCUT2D eigenvalue weighted by Crippen LogP contribution is 2.26. The number of hydrogen-bond donors (Lipinski definition) is 1. The van der Waals surface area contributed by atoms with Crippen LogP contribution in [0.4, 0.5) is 4.79 Å². The molecular formula is C17H28N4O2. The van der Waals surface area contributed by atoms with Crippen molar-refractivity contribution in [2.75, 3.05) is 13.1 Å². The number of rotatable bonds is 4. The van der Waals surface area contributed by atoms with E-state index in [0.717, 1.165) is 18.7 Å². The molecular weight excluding hydrogens is 292 g/mol. The average molecular weight is 320 g/mol. The van der Waals surface area contributed by atoms with Gasteiger partial charge in [-0.25, -0.2) is 4.79 Å². The van der Waals surface area contributed by atoms with Crippen LogP contribution in [0.2, 0.25) is 0 Å². The second kappa shape index (κ2) is 7.73. The van der Waals surface area contributed by atoms with E-state index >= 15 is 0 Å². The molecule has 1 aliphatic heterocycles. The van der Waals surface area contributed by atoms with Crippen molar-refractivity contribution in [2.24, 2.45) is 0 Å². The number of carbonyl (C=O) groups excluding carboxylic acids is 1. The Morgan fingerprint density at radius 3 is 2.87 bits per heavy atom. The highest BCUT2D eigenvalue weighted by molar-refractivity contribution is 5.67. The van der Waals surface area contributed by atoms with Crippen molar-refractivity contribution < 1.29 is 9.53 Å². The molecule has 0 aromatic carbocycles. The van der Waals surface area contributed by atoms with Gasteiger partial charge in [-0.1, -0.05) is 6.42 Å². The van der Waals surface area contributed by atoms with Crippen LogP contribution in [0.15, 0.2) is 18.6 Å². The van der Waals surface area contributed by atoms with Crippen molar-refractivity contribution in [2.45, 2.75) is 64.6 Å². The second-order valence-corrected chi connectivity index (χ2v) is 7.08. The molecule has 1 fully saturated rings. The van der Waals surface area contributed by atoms with Gasteiger partial charge in [0.05, 0.1) is 11.7 Å². The minimum absolute atomic E-state index is 0.189. The molecule has 1 aliphatic rings. The third-order valence-electron chi connectivity index (χ3n) is 4.06. The van der Waals surface area contributed by atoms with Crippen LogP contribution in [0.3, 0.4) is 0 Å². The summed E-state index contributed by atoms with van der Waals surface area (Å²) >= 11 is 0. The molecule has 2 atom stereocenters. The number of carbonyl (C=O) groups is 1. The maximum absolute atomic E-state index is 11.9. The standard InChI is InChI=1S/C17H28N4O2/c1-13(15-12-18-8-9-19-15)21-10-6-5-7-14(21)11-20-16(22)23-17(2,3)4/h8-9,12-14H,5-7,10-11H2,1-4H3,(H,20,22)/t13-,14+/m1/s1. The highest BCUT2D eigenvalue weighted by atomic mass is 16.6. The first-order chi connectivity index (χ1) is 10.9. The molecule has 23 heavy (non-hydrogen) atoms. The number of ether oxygens (including phenoxy) is 1. The molecule has 1 saturated heterocycles. The van der Waals surface area contributed by atoms with Gasteiger partial charge in [0.1, 0.15) is 5.60 Å². The van der Waals surface area contributed by atoms with Gasteiger partial charge in [0, 0.05) is 31.2 Å². The molecule has 0 aliphatic carbocycles. The molecule has 0 spiro atoms. The predicted molar refractivity (Wildman–Crippen MR) is 89.0 cm³/mol. The van der Waals surface area contributed by atoms with Gasteiger partial charge in [-0.3, -0.25) is 14.9 Å². The van der Waals surface area contributed by atoms with Gasteiger partial charge >= 0.3 is 6.09 Å². The molecule has 1 amide bonds. The zero-order valence-corrected chi connectivity index (χ0v) is 14.6. The van der Waals surface area contributed by atoms with E-state index in [4.69, 9.17) is 4.74 Å². The lowest BCUT2D eigenvalue weighted by Gasteiger charge is -2.39. The van der Waals surface area contributed by atoms with Crippen LogP contribution in [0, 0.1) is 0 Å². The number of alkyl carbamates (subject to hydrolysis) is 1. The van der Waals surface area contributed by atoms with E-state index in [0.29, 0.717) is 12.6 Å². The van der Waals surface area contributed by atoms with Crippen molar-refractivity contribution in [3.63, 3.8) is 0 Å². The van der Waals surface area contributed by atoms with Crippen LogP contribution in [0.5, 0.6) is 0 Å². The minimum atomic E-state index is -0.469. The topological polar surface area (TPSA) is 67.4 Å². The van der Waals surface area contributed by atoms with Crippen molar-refractivity contribution in [1.82, 2.24) is 20.2 Å². The maximum Gasteiger partial charge on any atom is 0.407 e. The van der Waals surface area contributed by atoms with Crippen LogP contribution in [-0.4, -0.2) is 45.7 Å². The quantitative estimate of drug-likeness (QED) is 0.924. The Kier molecular flexibility index (Phi) is 5.93. The lowest BCUT2D eigenvalue weighted by molar-refractivity contribution is 0.0470. The molecule has 128 valence electrons. The molecule has 1 aromatic rings. The number of likely N-dealkylation sites (tertiary alicyclic amines) is 1. The average Bonchev–Trinajstić information content (AvgIpc) is 2.52.